The van der Waals surface area contributed by atoms with E-state index in [-0.39, 0.29) is 5.92 Å². The van der Waals surface area contributed by atoms with E-state index >= 15 is 0 Å². The summed E-state index contributed by atoms with van der Waals surface area (Å²) in [6.07, 6.45) is 2.76. The maximum absolute atomic E-state index is 11.0. The number of ether oxygens (including phenoxy) is 2. The van der Waals surface area contributed by atoms with Crippen LogP contribution >= 0.6 is 0 Å². The van der Waals surface area contributed by atoms with Gasteiger partial charge in [0, 0.05) is 12.8 Å². The number of unbranched alkanes of at least 4 members (excludes halogenated alkanes) is 1. The Morgan fingerprint density at radius 1 is 1.27 bits per heavy atom. The Bertz CT molecular complexity index is 648. The number of rotatable bonds is 8. The molecule has 1 fully saturated rings. The first-order valence-corrected chi connectivity index (χ1v) is 9.07. The minimum absolute atomic E-state index is 0.225. The van der Waals surface area contributed by atoms with Crippen LogP contribution in [-0.4, -0.2) is 42.4 Å². The molecule has 0 saturated carbocycles. The number of aliphatic carboxylic acids is 1. The van der Waals surface area contributed by atoms with E-state index in [1.54, 1.807) is 0 Å². The largest absolute Gasteiger partial charge is 0.477 e. The Kier molecular flexibility index (Phi) is 7.17. The highest BCUT2D eigenvalue weighted by Crippen LogP contribution is 2.24. The summed E-state index contributed by atoms with van der Waals surface area (Å²) >= 11 is 0. The molecule has 1 N–H and O–H groups in total. The second-order valence-electron chi connectivity index (χ2n) is 7.04. The van der Waals surface area contributed by atoms with Gasteiger partial charge in [-0.2, -0.15) is 0 Å². The summed E-state index contributed by atoms with van der Waals surface area (Å²) in [4.78, 5) is 16.5. The highest BCUT2D eigenvalue weighted by molar-refractivity contribution is 5.98. The molecule has 0 radical (unpaired) electrons. The fourth-order valence-corrected chi connectivity index (χ4v) is 2.69. The van der Waals surface area contributed by atoms with Crippen molar-refractivity contribution in [1.82, 2.24) is 0 Å². The second-order valence-corrected chi connectivity index (χ2v) is 7.04. The predicted octanol–water partition coefficient (Wildman–Crippen LogP) is 3.68. The van der Waals surface area contributed by atoms with Gasteiger partial charge in [0.1, 0.15) is 6.61 Å². The molecule has 1 aromatic rings. The molecule has 0 aliphatic carbocycles. The lowest BCUT2D eigenvalue weighted by Gasteiger charge is -2.34. The standard InChI is InChI=1S/C20H29NO5/c1-14-8-9-18(11-15(14)2)16(3)21-26-10-6-5-7-17-12-24-20(4,19(22)23)25-13-17/h8-9,11,17H,5-7,10,12-13H2,1-4H3,(H,22,23)/b21-16-. The van der Waals surface area contributed by atoms with E-state index in [0.717, 1.165) is 30.5 Å². The Morgan fingerprint density at radius 3 is 2.58 bits per heavy atom. The fraction of sp³-hybridized carbons (Fsp3) is 0.600. The summed E-state index contributed by atoms with van der Waals surface area (Å²) in [5.41, 5.74) is 4.45. The molecule has 0 unspecified atom stereocenters. The van der Waals surface area contributed by atoms with Crippen LogP contribution in [0.15, 0.2) is 23.4 Å². The Balaban J connectivity index is 1.63. The lowest BCUT2D eigenvalue weighted by Crippen LogP contribution is -2.47. The highest BCUT2D eigenvalue weighted by atomic mass is 16.7. The lowest BCUT2D eigenvalue weighted by molar-refractivity contribution is -0.271. The molecule has 1 saturated heterocycles. The van der Waals surface area contributed by atoms with E-state index in [0.29, 0.717) is 19.8 Å². The van der Waals surface area contributed by atoms with Crippen LogP contribution < -0.4 is 0 Å². The zero-order valence-corrected chi connectivity index (χ0v) is 16.1. The zero-order chi connectivity index (χ0) is 19.2. The minimum atomic E-state index is -1.50. The molecule has 0 spiro atoms. The number of carboxylic acid groups (broad SMARTS) is 1. The minimum Gasteiger partial charge on any atom is -0.477 e. The molecule has 6 heteroatoms. The van der Waals surface area contributed by atoms with Gasteiger partial charge in [-0.05, 0) is 62.8 Å². The van der Waals surface area contributed by atoms with Gasteiger partial charge in [-0.25, -0.2) is 4.79 Å². The van der Waals surface area contributed by atoms with Gasteiger partial charge in [0.25, 0.3) is 5.79 Å². The van der Waals surface area contributed by atoms with Crippen molar-refractivity contribution < 1.29 is 24.2 Å². The highest BCUT2D eigenvalue weighted by Gasteiger charge is 2.40. The Labute approximate surface area is 155 Å². The molecule has 1 heterocycles. The molecular weight excluding hydrogens is 334 g/mol. The quantitative estimate of drug-likeness (QED) is 0.433. The van der Waals surface area contributed by atoms with Crippen molar-refractivity contribution in [1.29, 1.82) is 0 Å². The van der Waals surface area contributed by atoms with E-state index in [1.165, 1.54) is 18.1 Å². The summed E-state index contributed by atoms with van der Waals surface area (Å²) in [7, 11) is 0. The average molecular weight is 363 g/mol. The first kappa shape index (κ1) is 20.4. The second kappa shape index (κ2) is 9.14. The summed E-state index contributed by atoms with van der Waals surface area (Å²) in [6.45, 7) is 8.94. The van der Waals surface area contributed by atoms with Crippen LogP contribution in [0.4, 0.5) is 0 Å². The first-order chi connectivity index (χ1) is 12.3. The molecule has 0 bridgehead atoms. The molecular formula is C20H29NO5. The number of carbonyl (C=O) groups is 1. The maximum Gasteiger partial charge on any atom is 0.364 e. The number of carboxylic acids is 1. The third-order valence-electron chi connectivity index (χ3n) is 4.80. The fourth-order valence-electron chi connectivity index (χ4n) is 2.69. The van der Waals surface area contributed by atoms with Crippen LogP contribution in [0.1, 0.15) is 49.8 Å². The van der Waals surface area contributed by atoms with Crippen LogP contribution in [0.3, 0.4) is 0 Å². The lowest BCUT2D eigenvalue weighted by atomic mass is 10.0. The maximum atomic E-state index is 11.0. The number of benzene rings is 1. The van der Waals surface area contributed by atoms with Crippen LogP contribution in [-0.2, 0) is 19.1 Å². The third kappa shape index (κ3) is 5.54. The Hall–Kier alpha value is -1.92. The number of oxime groups is 1. The number of hydrogen-bond acceptors (Lipinski definition) is 5. The van der Waals surface area contributed by atoms with Crippen LogP contribution in [0.25, 0.3) is 0 Å². The molecule has 1 aromatic carbocycles. The van der Waals surface area contributed by atoms with Gasteiger partial charge in [0.05, 0.1) is 18.9 Å². The normalized spacial score (nSPS) is 23.7. The summed E-state index contributed by atoms with van der Waals surface area (Å²) in [5, 5.41) is 13.2. The predicted molar refractivity (Wildman–Crippen MR) is 99.4 cm³/mol. The van der Waals surface area contributed by atoms with Gasteiger partial charge in [-0.1, -0.05) is 17.3 Å². The van der Waals surface area contributed by atoms with E-state index in [9.17, 15) is 4.79 Å². The molecule has 0 amide bonds. The van der Waals surface area contributed by atoms with Crippen molar-refractivity contribution in [3.8, 4) is 0 Å². The third-order valence-corrected chi connectivity index (χ3v) is 4.80. The number of aryl methyl sites for hydroxylation is 2. The van der Waals surface area contributed by atoms with Crippen molar-refractivity contribution in [3.05, 3.63) is 34.9 Å². The van der Waals surface area contributed by atoms with Crippen molar-refractivity contribution >= 4 is 11.7 Å². The van der Waals surface area contributed by atoms with Gasteiger partial charge >= 0.3 is 5.97 Å². The molecule has 26 heavy (non-hydrogen) atoms. The molecule has 144 valence electrons. The van der Waals surface area contributed by atoms with Gasteiger partial charge in [-0.3, -0.25) is 0 Å². The average Bonchev–Trinajstić information content (AvgIpc) is 2.61. The number of hydrogen-bond donors (Lipinski definition) is 1. The van der Waals surface area contributed by atoms with Gasteiger partial charge < -0.3 is 19.4 Å². The van der Waals surface area contributed by atoms with Crippen LogP contribution in [0.2, 0.25) is 0 Å². The SMILES string of the molecule is C/C(=N/OCCCCC1COC(C)(C(=O)O)OC1)c1ccc(C)c(C)c1. The smallest absolute Gasteiger partial charge is 0.364 e. The van der Waals surface area contributed by atoms with Gasteiger partial charge in [0.2, 0.25) is 0 Å². The molecule has 1 aliphatic rings. The van der Waals surface area contributed by atoms with E-state index in [2.05, 4.69) is 37.2 Å². The molecule has 0 aromatic heterocycles. The van der Waals surface area contributed by atoms with E-state index < -0.39 is 11.8 Å². The number of nitrogens with zero attached hydrogens (tertiary/aromatic N) is 1. The molecule has 1 aliphatic heterocycles. The van der Waals surface area contributed by atoms with E-state index in [4.69, 9.17) is 19.4 Å². The van der Waals surface area contributed by atoms with Gasteiger partial charge in [-0.15, -0.1) is 0 Å². The van der Waals surface area contributed by atoms with Crippen molar-refractivity contribution in [3.63, 3.8) is 0 Å². The Morgan fingerprint density at radius 2 is 1.96 bits per heavy atom. The summed E-state index contributed by atoms with van der Waals surface area (Å²) < 4.78 is 10.7. The van der Waals surface area contributed by atoms with Crippen LogP contribution in [0, 0.1) is 19.8 Å². The van der Waals surface area contributed by atoms with Crippen molar-refractivity contribution in [2.75, 3.05) is 19.8 Å². The summed E-state index contributed by atoms with van der Waals surface area (Å²) in [6, 6.07) is 6.26. The summed E-state index contributed by atoms with van der Waals surface area (Å²) in [5.74, 6) is -2.36. The monoisotopic (exact) mass is 363 g/mol. The zero-order valence-electron chi connectivity index (χ0n) is 16.1. The molecule has 2 rings (SSSR count). The van der Waals surface area contributed by atoms with Gasteiger partial charge in [0.15, 0.2) is 0 Å². The molecule has 6 nitrogen and oxygen atoms in total. The first-order valence-electron chi connectivity index (χ1n) is 9.07. The van der Waals surface area contributed by atoms with Crippen LogP contribution in [0.5, 0.6) is 0 Å². The van der Waals surface area contributed by atoms with Crippen molar-refractivity contribution in [2.24, 2.45) is 11.1 Å². The van der Waals surface area contributed by atoms with E-state index in [1.807, 2.05) is 6.92 Å². The topological polar surface area (TPSA) is 77.4 Å². The molecule has 0 atom stereocenters. The van der Waals surface area contributed by atoms with Crippen molar-refractivity contribution in [2.45, 2.75) is 52.7 Å².